The summed E-state index contributed by atoms with van der Waals surface area (Å²) in [6.07, 6.45) is 1.89. The van der Waals surface area contributed by atoms with E-state index in [0.717, 1.165) is 11.4 Å². The van der Waals surface area contributed by atoms with E-state index in [1.165, 1.54) is 0 Å². The molecule has 116 valence electrons. The molecule has 0 saturated carbocycles. The van der Waals surface area contributed by atoms with E-state index >= 15 is 0 Å². The Morgan fingerprint density at radius 1 is 0.957 bits per heavy atom. The molecule has 1 aromatic heterocycles. The average molecular weight is 327 g/mol. The fourth-order valence-corrected chi connectivity index (χ4v) is 2.21. The Morgan fingerprint density at radius 3 is 2.04 bits per heavy atom. The van der Waals surface area contributed by atoms with Crippen LogP contribution in [0.3, 0.4) is 0 Å². The first-order valence-electron chi connectivity index (χ1n) is 7.06. The predicted molar refractivity (Wildman–Crippen MR) is 92.4 cm³/mol. The lowest BCUT2D eigenvalue weighted by Gasteiger charge is -2.08. The molecule has 0 spiro atoms. The van der Waals surface area contributed by atoms with Crippen LogP contribution in [0.2, 0.25) is 5.02 Å². The van der Waals surface area contributed by atoms with Crippen LogP contribution in [0.15, 0.2) is 60.8 Å². The molecule has 2 amide bonds. The van der Waals surface area contributed by atoms with E-state index in [2.05, 4.69) is 15.7 Å². The van der Waals surface area contributed by atoms with E-state index in [1.807, 2.05) is 43.5 Å². The minimum absolute atomic E-state index is 0.310. The smallest absolute Gasteiger partial charge is 0.308 e. The fraction of sp³-hybridized carbons (Fsp3) is 0.0588. The predicted octanol–water partition coefficient (Wildman–Crippen LogP) is 4.48. The molecule has 0 aliphatic heterocycles. The van der Waals surface area contributed by atoms with Gasteiger partial charge in [0.2, 0.25) is 0 Å². The standard InChI is InChI=1S/C17H15ClN4O/c1-12-10-11-22(21-12)16-8-6-15(7-9-16)20-17(23)19-14-4-2-13(18)3-5-14/h2-11H,1H3,(H2,19,20,23). The summed E-state index contributed by atoms with van der Waals surface area (Å²) < 4.78 is 1.78. The van der Waals surface area contributed by atoms with Crippen LogP contribution >= 0.6 is 11.6 Å². The van der Waals surface area contributed by atoms with Gasteiger partial charge >= 0.3 is 6.03 Å². The Balaban J connectivity index is 1.63. The van der Waals surface area contributed by atoms with Crippen molar-refractivity contribution in [1.82, 2.24) is 9.78 Å². The molecule has 0 aliphatic carbocycles. The van der Waals surface area contributed by atoms with E-state index in [-0.39, 0.29) is 6.03 Å². The number of carbonyl (C=O) groups excluding carboxylic acids is 1. The van der Waals surface area contributed by atoms with Crippen molar-refractivity contribution in [3.8, 4) is 5.69 Å². The number of hydrogen-bond acceptors (Lipinski definition) is 2. The number of rotatable bonds is 3. The Morgan fingerprint density at radius 2 is 1.52 bits per heavy atom. The van der Waals surface area contributed by atoms with Gasteiger partial charge in [-0.05, 0) is 61.5 Å². The molecule has 3 rings (SSSR count). The van der Waals surface area contributed by atoms with Gasteiger partial charge in [-0.15, -0.1) is 0 Å². The molecule has 0 unspecified atom stereocenters. The number of nitrogens with zero attached hydrogens (tertiary/aromatic N) is 2. The number of aryl methyl sites for hydroxylation is 1. The van der Waals surface area contributed by atoms with Crippen LogP contribution < -0.4 is 10.6 Å². The first kappa shape index (κ1) is 15.1. The monoisotopic (exact) mass is 326 g/mol. The molecule has 0 bridgehead atoms. The van der Waals surface area contributed by atoms with Gasteiger partial charge in [0.1, 0.15) is 0 Å². The summed E-state index contributed by atoms with van der Waals surface area (Å²) in [7, 11) is 0. The van der Waals surface area contributed by atoms with E-state index in [4.69, 9.17) is 11.6 Å². The molecule has 0 radical (unpaired) electrons. The second-order valence-corrected chi connectivity index (χ2v) is 5.47. The van der Waals surface area contributed by atoms with Gasteiger partial charge in [-0.3, -0.25) is 0 Å². The third-order valence-corrected chi connectivity index (χ3v) is 3.47. The number of aromatic nitrogens is 2. The highest BCUT2D eigenvalue weighted by molar-refractivity contribution is 6.30. The van der Waals surface area contributed by atoms with Gasteiger partial charge in [-0.1, -0.05) is 11.6 Å². The van der Waals surface area contributed by atoms with Crippen LogP contribution in [0.1, 0.15) is 5.69 Å². The maximum atomic E-state index is 12.0. The van der Waals surface area contributed by atoms with E-state index < -0.39 is 0 Å². The lowest BCUT2D eigenvalue weighted by molar-refractivity contribution is 0.262. The summed E-state index contributed by atoms with van der Waals surface area (Å²) in [5, 5.41) is 10.5. The fourth-order valence-electron chi connectivity index (χ4n) is 2.08. The summed E-state index contributed by atoms with van der Waals surface area (Å²) in [6.45, 7) is 1.94. The Bertz CT molecular complexity index is 809. The summed E-state index contributed by atoms with van der Waals surface area (Å²) in [4.78, 5) is 12.0. The minimum atomic E-state index is -0.310. The molecule has 0 aliphatic rings. The van der Waals surface area contributed by atoms with Crippen molar-refractivity contribution in [2.24, 2.45) is 0 Å². The second kappa shape index (κ2) is 6.54. The number of anilines is 2. The lowest BCUT2D eigenvalue weighted by Crippen LogP contribution is -2.19. The SMILES string of the molecule is Cc1ccn(-c2ccc(NC(=O)Nc3ccc(Cl)cc3)cc2)n1. The molecule has 0 fully saturated rings. The van der Waals surface area contributed by atoms with Crippen LogP contribution in [0, 0.1) is 6.92 Å². The van der Waals surface area contributed by atoms with Crippen molar-refractivity contribution >= 4 is 29.0 Å². The molecule has 2 N–H and O–H groups in total. The first-order chi connectivity index (χ1) is 11.1. The van der Waals surface area contributed by atoms with E-state index in [1.54, 1.807) is 28.9 Å². The zero-order valence-electron chi connectivity index (χ0n) is 12.5. The number of carbonyl (C=O) groups is 1. The van der Waals surface area contributed by atoms with Gasteiger partial charge in [-0.25, -0.2) is 9.48 Å². The number of nitrogens with one attached hydrogen (secondary N) is 2. The third kappa shape index (κ3) is 3.90. The number of benzene rings is 2. The number of halogens is 1. The number of hydrogen-bond donors (Lipinski definition) is 2. The van der Waals surface area contributed by atoms with Crippen molar-refractivity contribution < 1.29 is 4.79 Å². The molecule has 1 heterocycles. The van der Waals surface area contributed by atoms with Crippen molar-refractivity contribution in [3.63, 3.8) is 0 Å². The molecule has 0 saturated heterocycles. The first-order valence-corrected chi connectivity index (χ1v) is 7.44. The molecule has 0 atom stereocenters. The normalized spacial score (nSPS) is 10.3. The lowest BCUT2D eigenvalue weighted by atomic mass is 10.3. The van der Waals surface area contributed by atoms with Crippen molar-refractivity contribution in [1.29, 1.82) is 0 Å². The van der Waals surface area contributed by atoms with Gasteiger partial charge in [-0.2, -0.15) is 5.10 Å². The maximum absolute atomic E-state index is 12.0. The maximum Gasteiger partial charge on any atom is 0.323 e. The highest BCUT2D eigenvalue weighted by Gasteiger charge is 2.04. The molecule has 3 aromatic rings. The van der Waals surface area contributed by atoms with Crippen molar-refractivity contribution in [2.75, 3.05) is 10.6 Å². The van der Waals surface area contributed by atoms with Crippen LogP contribution in [-0.2, 0) is 0 Å². The highest BCUT2D eigenvalue weighted by atomic mass is 35.5. The van der Waals surface area contributed by atoms with Crippen LogP contribution in [0.4, 0.5) is 16.2 Å². The van der Waals surface area contributed by atoms with Gasteiger partial charge in [0.15, 0.2) is 0 Å². The average Bonchev–Trinajstić information content (AvgIpc) is 2.97. The topological polar surface area (TPSA) is 59.0 Å². The largest absolute Gasteiger partial charge is 0.323 e. The highest BCUT2D eigenvalue weighted by Crippen LogP contribution is 2.15. The summed E-state index contributed by atoms with van der Waals surface area (Å²) >= 11 is 5.81. The molecular formula is C17H15ClN4O. The minimum Gasteiger partial charge on any atom is -0.308 e. The van der Waals surface area contributed by atoms with E-state index in [0.29, 0.717) is 16.4 Å². The van der Waals surface area contributed by atoms with Gasteiger partial charge < -0.3 is 10.6 Å². The van der Waals surface area contributed by atoms with E-state index in [9.17, 15) is 4.79 Å². The Labute approximate surface area is 138 Å². The van der Waals surface area contributed by atoms with Gasteiger partial charge in [0, 0.05) is 22.6 Å². The summed E-state index contributed by atoms with van der Waals surface area (Å²) in [5.41, 5.74) is 3.26. The summed E-state index contributed by atoms with van der Waals surface area (Å²) in [6, 6.07) is 16.0. The van der Waals surface area contributed by atoms with Crippen molar-refractivity contribution in [2.45, 2.75) is 6.92 Å². The molecule has 2 aromatic carbocycles. The van der Waals surface area contributed by atoms with Crippen LogP contribution in [-0.4, -0.2) is 15.8 Å². The zero-order valence-corrected chi connectivity index (χ0v) is 13.2. The Hall–Kier alpha value is -2.79. The quantitative estimate of drug-likeness (QED) is 0.745. The second-order valence-electron chi connectivity index (χ2n) is 5.03. The van der Waals surface area contributed by atoms with Crippen molar-refractivity contribution in [3.05, 3.63) is 71.5 Å². The number of amides is 2. The number of urea groups is 1. The molecule has 6 heteroatoms. The molecule has 23 heavy (non-hydrogen) atoms. The molecular weight excluding hydrogens is 312 g/mol. The third-order valence-electron chi connectivity index (χ3n) is 3.21. The van der Waals surface area contributed by atoms with Crippen LogP contribution in [0.5, 0.6) is 0 Å². The van der Waals surface area contributed by atoms with Gasteiger partial charge in [0.05, 0.1) is 11.4 Å². The molecule has 5 nitrogen and oxygen atoms in total. The zero-order chi connectivity index (χ0) is 16.2. The summed E-state index contributed by atoms with van der Waals surface area (Å²) in [5.74, 6) is 0. The van der Waals surface area contributed by atoms with Crippen LogP contribution in [0.25, 0.3) is 5.69 Å². The Kier molecular flexibility index (Phi) is 4.30. The van der Waals surface area contributed by atoms with Gasteiger partial charge in [0.25, 0.3) is 0 Å².